The number of rotatable bonds is 7. The molecule has 3 aromatic rings. The third-order valence-corrected chi connectivity index (χ3v) is 4.43. The van der Waals surface area contributed by atoms with Gasteiger partial charge in [-0.2, -0.15) is 9.78 Å². The summed E-state index contributed by atoms with van der Waals surface area (Å²) in [5, 5.41) is 4.87. The molecule has 0 aliphatic heterocycles. The van der Waals surface area contributed by atoms with Crippen molar-refractivity contribution in [3.05, 3.63) is 68.7 Å². The highest BCUT2D eigenvalue weighted by molar-refractivity contribution is 9.10. The molecule has 0 radical (unpaired) electrons. The Balaban J connectivity index is 1.94. The van der Waals surface area contributed by atoms with Gasteiger partial charge in [-0.25, -0.2) is 4.98 Å². The fraction of sp³-hybridized carbons (Fsp3) is 0.200. The van der Waals surface area contributed by atoms with Crippen molar-refractivity contribution in [3.8, 4) is 5.75 Å². The molecule has 0 aliphatic carbocycles. The first-order chi connectivity index (χ1) is 13.5. The number of amides is 1. The fourth-order valence-electron chi connectivity index (χ4n) is 2.63. The predicted molar refractivity (Wildman–Crippen MR) is 112 cm³/mol. The Kier molecular flexibility index (Phi) is 6.20. The molecule has 3 rings (SSSR count). The maximum Gasteiger partial charge on any atom is 0.282 e. The lowest BCUT2D eigenvalue weighted by molar-refractivity contribution is -0.119. The normalized spacial score (nSPS) is 11.2. The van der Waals surface area contributed by atoms with Crippen molar-refractivity contribution in [2.75, 3.05) is 6.61 Å². The van der Waals surface area contributed by atoms with Gasteiger partial charge in [0.05, 0.1) is 17.1 Å². The lowest BCUT2D eigenvalue weighted by Crippen LogP contribution is -2.22. The first-order valence-corrected chi connectivity index (χ1v) is 9.54. The Hall–Kier alpha value is -3.00. The summed E-state index contributed by atoms with van der Waals surface area (Å²) >= 11 is 3.39. The van der Waals surface area contributed by atoms with Crippen LogP contribution in [0.25, 0.3) is 10.9 Å². The van der Waals surface area contributed by atoms with E-state index in [9.17, 15) is 9.59 Å². The van der Waals surface area contributed by atoms with E-state index in [4.69, 9.17) is 10.5 Å². The van der Waals surface area contributed by atoms with Crippen LogP contribution in [0.4, 0.5) is 0 Å². The van der Waals surface area contributed by atoms with Crippen molar-refractivity contribution >= 4 is 39.0 Å². The van der Waals surface area contributed by atoms with Crippen molar-refractivity contribution in [1.82, 2.24) is 9.66 Å². The highest BCUT2D eigenvalue weighted by Gasteiger charge is 2.10. The van der Waals surface area contributed by atoms with Gasteiger partial charge in [0, 0.05) is 10.9 Å². The number of hydrogen-bond donors (Lipinski definition) is 1. The largest absolute Gasteiger partial charge is 0.484 e. The third-order valence-electron chi connectivity index (χ3n) is 3.93. The molecule has 0 bridgehead atoms. The smallest absolute Gasteiger partial charge is 0.282 e. The van der Waals surface area contributed by atoms with Gasteiger partial charge in [0.25, 0.3) is 11.5 Å². The van der Waals surface area contributed by atoms with Gasteiger partial charge < -0.3 is 10.5 Å². The van der Waals surface area contributed by atoms with Gasteiger partial charge in [-0.15, -0.1) is 0 Å². The number of carbonyl (C=O) groups is 1. The van der Waals surface area contributed by atoms with Crippen molar-refractivity contribution in [2.45, 2.75) is 19.8 Å². The van der Waals surface area contributed by atoms with Gasteiger partial charge in [0.15, 0.2) is 6.61 Å². The number of nitrogens with two attached hydrogens (primary N) is 1. The number of aromatic nitrogens is 2. The number of hydrogen-bond acceptors (Lipinski definition) is 5. The minimum atomic E-state index is -0.538. The molecular weight excluding hydrogens is 424 g/mol. The van der Waals surface area contributed by atoms with Crippen molar-refractivity contribution in [3.63, 3.8) is 0 Å². The highest BCUT2D eigenvalue weighted by Crippen LogP contribution is 2.16. The number of ether oxygens (including phenoxy) is 1. The summed E-state index contributed by atoms with van der Waals surface area (Å²) in [7, 11) is 0. The zero-order valence-electron chi connectivity index (χ0n) is 15.3. The zero-order valence-corrected chi connectivity index (χ0v) is 16.8. The van der Waals surface area contributed by atoms with Crippen LogP contribution in [0, 0.1) is 0 Å². The summed E-state index contributed by atoms with van der Waals surface area (Å²) in [6, 6.07) is 12.4. The van der Waals surface area contributed by atoms with Crippen molar-refractivity contribution in [1.29, 1.82) is 0 Å². The van der Waals surface area contributed by atoms with Crippen LogP contribution in [-0.4, -0.2) is 28.4 Å². The Morgan fingerprint density at radius 1 is 1.29 bits per heavy atom. The molecule has 0 aliphatic rings. The molecule has 28 heavy (non-hydrogen) atoms. The summed E-state index contributed by atoms with van der Waals surface area (Å²) in [5.41, 5.74) is 6.27. The topological polar surface area (TPSA) is 99.6 Å². The standard InChI is InChI=1S/C20H19BrN4O3/c1-2-3-19-24-17-9-6-14(21)10-16(17)20(27)25(19)23-11-13-4-7-15(8-5-13)28-12-18(22)26/h4-11H,2-3,12H2,1H3,(H2,22,26). The van der Waals surface area contributed by atoms with E-state index in [1.165, 1.54) is 4.68 Å². The van der Waals surface area contributed by atoms with Gasteiger partial charge >= 0.3 is 0 Å². The van der Waals surface area contributed by atoms with Gasteiger partial charge in [0.2, 0.25) is 0 Å². The zero-order chi connectivity index (χ0) is 20.1. The van der Waals surface area contributed by atoms with Crippen LogP contribution in [0.1, 0.15) is 24.7 Å². The number of fused-ring (bicyclic) bond motifs is 1. The van der Waals surface area contributed by atoms with Gasteiger partial charge in [-0.05, 0) is 54.4 Å². The van der Waals surface area contributed by atoms with E-state index < -0.39 is 5.91 Å². The number of nitrogens with zero attached hydrogens (tertiary/aromatic N) is 3. The summed E-state index contributed by atoms with van der Waals surface area (Å²) in [4.78, 5) is 28.3. The van der Waals surface area contributed by atoms with Crippen molar-refractivity contribution in [2.24, 2.45) is 10.8 Å². The summed E-state index contributed by atoms with van der Waals surface area (Å²) in [6.45, 7) is 1.85. The minimum absolute atomic E-state index is 0.179. The molecule has 0 spiro atoms. The average molecular weight is 443 g/mol. The van der Waals surface area contributed by atoms with E-state index in [2.05, 4.69) is 26.0 Å². The maximum atomic E-state index is 12.9. The number of primary amides is 1. The number of aryl methyl sites for hydroxylation is 1. The molecule has 0 unspecified atom stereocenters. The van der Waals surface area contributed by atoms with E-state index in [1.807, 2.05) is 19.1 Å². The Morgan fingerprint density at radius 2 is 2.04 bits per heavy atom. The Bertz CT molecular complexity index is 1090. The molecule has 0 fully saturated rings. The van der Waals surface area contributed by atoms with Crippen LogP contribution in [-0.2, 0) is 11.2 Å². The first kappa shape index (κ1) is 19.8. The van der Waals surface area contributed by atoms with Gasteiger partial charge in [0.1, 0.15) is 11.6 Å². The van der Waals surface area contributed by atoms with Crippen LogP contribution in [0.2, 0.25) is 0 Å². The second kappa shape index (κ2) is 8.79. The lowest BCUT2D eigenvalue weighted by Gasteiger charge is -2.08. The van der Waals surface area contributed by atoms with Crippen LogP contribution < -0.4 is 16.0 Å². The third kappa shape index (κ3) is 4.64. The molecule has 1 heterocycles. The molecule has 2 aromatic carbocycles. The molecule has 0 atom stereocenters. The summed E-state index contributed by atoms with van der Waals surface area (Å²) < 4.78 is 7.38. The Morgan fingerprint density at radius 3 is 2.71 bits per heavy atom. The molecular formula is C20H19BrN4O3. The quantitative estimate of drug-likeness (QED) is 0.568. The lowest BCUT2D eigenvalue weighted by atomic mass is 10.2. The minimum Gasteiger partial charge on any atom is -0.484 e. The van der Waals surface area contributed by atoms with Crippen LogP contribution in [0.3, 0.4) is 0 Å². The summed E-state index contributed by atoms with van der Waals surface area (Å²) in [5.74, 6) is 0.598. The molecule has 1 amide bonds. The van der Waals surface area contributed by atoms with Crippen molar-refractivity contribution < 1.29 is 9.53 Å². The van der Waals surface area contributed by atoms with E-state index in [0.29, 0.717) is 28.9 Å². The monoisotopic (exact) mass is 442 g/mol. The van der Waals surface area contributed by atoms with Crippen LogP contribution >= 0.6 is 15.9 Å². The SMILES string of the molecule is CCCc1nc2ccc(Br)cc2c(=O)n1N=Cc1ccc(OCC(N)=O)cc1. The molecule has 144 valence electrons. The molecule has 2 N–H and O–H groups in total. The average Bonchev–Trinajstić information content (AvgIpc) is 2.68. The first-order valence-electron chi connectivity index (χ1n) is 8.74. The Labute approximate surface area is 170 Å². The van der Waals surface area contributed by atoms with E-state index >= 15 is 0 Å². The van der Waals surface area contributed by atoms with E-state index in [1.54, 1.807) is 36.5 Å². The van der Waals surface area contributed by atoms with Gasteiger partial charge in [-0.1, -0.05) is 22.9 Å². The molecule has 1 aromatic heterocycles. The summed E-state index contributed by atoms with van der Waals surface area (Å²) in [6.07, 6.45) is 3.07. The second-order valence-corrected chi connectivity index (χ2v) is 7.04. The molecule has 7 nitrogen and oxygen atoms in total. The number of halogens is 1. The van der Waals surface area contributed by atoms with Crippen LogP contribution in [0.5, 0.6) is 5.75 Å². The maximum absolute atomic E-state index is 12.9. The molecule has 0 saturated heterocycles. The molecule has 8 heteroatoms. The number of carbonyl (C=O) groups excluding carboxylic acids is 1. The van der Waals surface area contributed by atoms with Gasteiger partial charge in [-0.3, -0.25) is 9.59 Å². The predicted octanol–water partition coefficient (Wildman–Crippen LogP) is 2.86. The van der Waals surface area contributed by atoms with E-state index in [0.717, 1.165) is 16.5 Å². The van der Waals surface area contributed by atoms with E-state index in [-0.39, 0.29) is 12.2 Å². The second-order valence-electron chi connectivity index (χ2n) is 6.13. The highest BCUT2D eigenvalue weighted by atomic mass is 79.9. The van der Waals surface area contributed by atoms with Crippen LogP contribution in [0.15, 0.2) is 56.8 Å². The number of benzene rings is 2. The fourth-order valence-corrected chi connectivity index (χ4v) is 2.99. The molecule has 0 saturated carbocycles.